The Hall–Kier alpha value is -2.10. The third-order valence-corrected chi connectivity index (χ3v) is 30.1. The number of Topliss-reactive ketones (excluding diaryl/α,β-unsaturated/α-hetero) is 1. The van der Waals surface area contributed by atoms with Crippen LogP contribution < -0.4 is 0 Å². The van der Waals surface area contributed by atoms with E-state index in [0.717, 1.165) is 5.57 Å². The summed E-state index contributed by atoms with van der Waals surface area (Å²) >= 11 is 0. The molecule has 1 N–H and O–H groups in total. The van der Waals surface area contributed by atoms with Gasteiger partial charge < -0.3 is 45.9 Å². The van der Waals surface area contributed by atoms with Crippen LogP contribution in [0, 0.1) is 16.7 Å². The Morgan fingerprint density at radius 2 is 1.21 bits per heavy atom. The minimum atomic E-state index is -3.37. The zero-order chi connectivity index (χ0) is 49.9. The molecule has 1 heterocycles. The molecule has 1 saturated heterocycles. The van der Waals surface area contributed by atoms with Gasteiger partial charge in [0, 0.05) is 46.5 Å². The predicted octanol–water partition coefficient (Wildman–Crippen LogP) is 9.88. The van der Waals surface area contributed by atoms with Gasteiger partial charge in [0.25, 0.3) is 0 Å². The lowest BCUT2D eigenvalue weighted by Crippen LogP contribution is -2.82. The van der Waals surface area contributed by atoms with E-state index in [-0.39, 0.29) is 64.0 Å². The van der Waals surface area contributed by atoms with Crippen LogP contribution in [0.2, 0.25) is 33.2 Å². The molecule has 5 rings (SSSR count). The van der Waals surface area contributed by atoms with Crippen LogP contribution in [0.15, 0.2) is 41.5 Å². The molecule has 0 radical (unpaired) electrons. The smallest absolute Gasteiger partial charge is 0.344 e. The van der Waals surface area contributed by atoms with Crippen LogP contribution in [0.1, 0.15) is 141 Å². The van der Waals surface area contributed by atoms with Crippen molar-refractivity contribution >= 4 is 43.4 Å². The van der Waals surface area contributed by atoms with Crippen molar-refractivity contribution in [3.63, 3.8) is 0 Å². The number of hydrogen-bond donors (Lipinski definition) is 1. The first kappa shape index (κ1) is 54.8. The molecule has 2 bridgehead atoms. The Morgan fingerprint density at radius 1 is 0.742 bits per heavy atom. The van der Waals surface area contributed by atoms with Crippen LogP contribution in [0.4, 0.5) is 0 Å². The van der Waals surface area contributed by atoms with Crippen LogP contribution in [0.3, 0.4) is 0 Å². The summed E-state index contributed by atoms with van der Waals surface area (Å²) in [5, 5.41) is 14.5. The highest BCUT2D eigenvalue weighted by Crippen LogP contribution is 2.66. The Labute approximate surface area is 399 Å². The molecular formula is C50H84O13Si3. The monoisotopic (exact) mass is 977 g/mol. The normalized spacial score (nSPS) is 31.5. The van der Waals surface area contributed by atoms with E-state index in [4.69, 9.17) is 40.8 Å². The second kappa shape index (κ2) is 19.6. The number of ketones is 1. The van der Waals surface area contributed by atoms with Crippen molar-refractivity contribution in [3.8, 4) is 0 Å². The predicted molar refractivity (Wildman–Crippen MR) is 261 cm³/mol. The van der Waals surface area contributed by atoms with Crippen LogP contribution >= 0.6 is 0 Å². The van der Waals surface area contributed by atoms with Crippen molar-refractivity contribution < 1.29 is 60.3 Å². The highest BCUT2D eigenvalue weighted by Gasteiger charge is 2.79. The molecule has 9 atom stereocenters. The number of esters is 2. The number of hydrogen-bond acceptors (Lipinski definition) is 13. The van der Waals surface area contributed by atoms with E-state index >= 15 is 4.79 Å². The first-order valence-corrected chi connectivity index (χ1v) is 30.2. The fraction of sp³-hybridized carbons (Fsp3) is 0.780. The third-order valence-electron chi connectivity index (χ3n) is 16.6. The molecule has 1 aliphatic heterocycles. The first-order valence-electron chi connectivity index (χ1n) is 24.3. The molecule has 4 aliphatic rings. The molecule has 3 aliphatic carbocycles. The molecule has 3 fully saturated rings. The second-order valence-corrected chi connectivity index (χ2v) is 35.4. The Morgan fingerprint density at radius 3 is 1.64 bits per heavy atom. The van der Waals surface area contributed by atoms with E-state index in [9.17, 15) is 14.7 Å². The van der Waals surface area contributed by atoms with Crippen LogP contribution in [-0.4, -0.2) is 118 Å². The third kappa shape index (κ3) is 8.44. The fourth-order valence-electron chi connectivity index (χ4n) is 13.0. The molecule has 16 heteroatoms. The largest absolute Gasteiger partial charge is 0.455 e. The number of carbonyl (C=O) groups is 3. The van der Waals surface area contributed by atoms with Gasteiger partial charge >= 0.3 is 37.6 Å². The average molecular weight is 977 g/mol. The number of fused-ring (bicyclic) bond motifs is 5. The van der Waals surface area contributed by atoms with Gasteiger partial charge in [-0.05, 0) is 70.4 Å². The van der Waals surface area contributed by atoms with Crippen molar-refractivity contribution in [2.75, 3.05) is 27.9 Å². The molecule has 2 saturated carbocycles. The highest BCUT2D eigenvalue weighted by molar-refractivity contribution is 6.71. The van der Waals surface area contributed by atoms with E-state index in [0.29, 0.717) is 5.57 Å². The van der Waals surface area contributed by atoms with Crippen molar-refractivity contribution in [1.29, 1.82) is 0 Å². The number of ether oxygens (including phenoxy) is 3. The topological polar surface area (TPSA) is 155 Å². The van der Waals surface area contributed by atoms with Crippen LogP contribution in [0.25, 0.3) is 0 Å². The van der Waals surface area contributed by atoms with Gasteiger partial charge in [-0.3, -0.25) is 9.59 Å². The van der Waals surface area contributed by atoms with E-state index in [1.165, 1.54) is 6.92 Å². The SMILES string of the molecule is CO[Si](O[C@H]1C(=O)[C@@]2(C)C(C(OC(=O)c3ccccc3)[C@]3(O)C[C@H](O[Si](OC)(C(C)C)C(C)C)C(C)=C1C3(C)C)[C@]1(OC(C)=O)COC1C[C@@H]2O[Si](OC)(C(C)C)C(C)C)(C(C)C)C(C)C. The van der Waals surface area contributed by atoms with Gasteiger partial charge in [0.15, 0.2) is 11.4 Å². The summed E-state index contributed by atoms with van der Waals surface area (Å²) in [6.45, 7) is 33.7. The fourth-order valence-corrected chi connectivity index (χ4v) is 23.8. The molecule has 374 valence electrons. The maximum atomic E-state index is 17.2. The van der Waals surface area contributed by atoms with E-state index in [1.54, 1.807) is 51.7 Å². The summed E-state index contributed by atoms with van der Waals surface area (Å²) in [6.07, 6.45) is -5.32. The van der Waals surface area contributed by atoms with E-state index < -0.39 is 96.1 Å². The Balaban J connectivity index is 2.02. The molecular weight excluding hydrogens is 893 g/mol. The number of carbonyl (C=O) groups excluding carboxylic acids is 3. The summed E-state index contributed by atoms with van der Waals surface area (Å²) in [7, 11) is -4.72. The molecule has 1 aromatic rings. The molecule has 0 spiro atoms. The Bertz CT molecular complexity index is 1930. The molecule has 3 unspecified atom stereocenters. The van der Waals surface area contributed by atoms with E-state index in [1.807, 2.05) is 27.7 Å². The number of benzene rings is 1. The van der Waals surface area contributed by atoms with Crippen molar-refractivity contribution in [3.05, 3.63) is 47.0 Å². The van der Waals surface area contributed by atoms with Gasteiger partial charge in [0.2, 0.25) is 0 Å². The molecule has 1 aromatic carbocycles. The lowest BCUT2D eigenvalue weighted by molar-refractivity contribution is -0.345. The van der Waals surface area contributed by atoms with Gasteiger partial charge in [0.05, 0.1) is 35.7 Å². The zero-order valence-corrected chi connectivity index (χ0v) is 46.8. The summed E-state index contributed by atoms with van der Waals surface area (Å²) in [5.41, 5.74) is -5.54. The number of rotatable bonds is 18. The first-order chi connectivity index (χ1) is 30.5. The van der Waals surface area contributed by atoms with Gasteiger partial charge in [-0.25, -0.2) is 4.79 Å². The van der Waals surface area contributed by atoms with Gasteiger partial charge in [-0.1, -0.05) is 115 Å². The zero-order valence-electron chi connectivity index (χ0n) is 43.8. The highest BCUT2D eigenvalue weighted by atomic mass is 28.4. The quantitative estimate of drug-likeness (QED) is 0.0844. The standard InChI is InChI=1S/C50H84O13Si3/c1-29(2)64(55-18,30(3)4)61-38-27-50(54)45(59-46(53)37-24-22-21-23-25-37)43-48(17,44(52)42(41(35(38)13)47(50,15)16)63-66(57-20,33(9)10)34(11)12)39(62-65(56-19,31(5)6)32(7)8)26-40-49(43,28-58-40)60-36(14)51/h21-25,29-34,38-40,42-43,45,54H,26-28H2,1-20H3/t38-,39-,40?,42+,43?,45?,48+,49-,50+/m0/s1. The molecule has 0 amide bonds. The minimum absolute atomic E-state index is 0.0164. The average Bonchev–Trinajstić information content (AvgIpc) is 3.23. The van der Waals surface area contributed by atoms with E-state index in [2.05, 4.69) is 83.1 Å². The van der Waals surface area contributed by atoms with Crippen LogP contribution in [0.5, 0.6) is 0 Å². The van der Waals surface area contributed by atoms with Gasteiger partial charge in [-0.15, -0.1) is 0 Å². The minimum Gasteiger partial charge on any atom is -0.455 e. The summed E-state index contributed by atoms with van der Waals surface area (Å²) in [4.78, 5) is 45.7. The summed E-state index contributed by atoms with van der Waals surface area (Å²) < 4.78 is 62.0. The lowest BCUT2D eigenvalue weighted by Gasteiger charge is -2.69. The van der Waals surface area contributed by atoms with Crippen molar-refractivity contribution in [1.82, 2.24) is 0 Å². The Kier molecular flexibility index (Phi) is 16.3. The molecule has 0 aromatic heterocycles. The summed E-state index contributed by atoms with van der Waals surface area (Å²) in [5.74, 6) is -2.92. The summed E-state index contributed by atoms with van der Waals surface area (Å²) in [6, 6.07) is 8.60. The second-order valence-electron chi connectivity index (χ2n) is 22.2. The van der Waals surface area contributed by atoms with Gasteiger partial charge in [-0.2, -0.15) is 0 Å². The van der Waals surface area contributed by atoms with Crippen molar-refractivity contribution in [2.24, 2.45) is 16.7 Å². The maximum Gasteiger partial charge on any atom is 0.344 e. The van der Waals surface area contributed by atoms with Crippen molar-refractivity contribution in [2.45, 2.75) is 206 Å². The molecule has 66 heavy (non-hydrogen) atoms. The molecule has 13 nitrogen and oxygen atoms in total. The lowest BCUT2D eigenvalue weighted by atomic mass is 9.44. The maximum absolute atomic E-state index is 17.2. The van der Waals surface area contributed by atoms with Crippen LogP contribution in [-0.2, 0) is 50.4 Å². The number of aliphatic hydroxyl groups is 1. The van der Waals surface area contributed by atoms with Gasteiger partial charge in [0.1, 0.15) is 23.9 Å².